The molecule has 0 fully saturated rings. The zero-order chi connectivity index (χ0) is 12.0. The Labute approximate surface area is 98.9 Å². The van der Waals surface area contributed by atoms with Crippen molar-refractivity contribution in [3.05, 3.63) is 35.4 Å². The Bertz CT molecular complexity index is 324. The fourth-order valence-electron chi connectivity index (χ4n) is 2.02. The van der Waals surface area contributed by atoms with Crippen LogP contribution >= 0.6 is 0 Å². The van der Waals surface area contributed by atoms with Crippen molar-refractivity contribution < 1.29 is 4.79 Å². The molecule has 1 rings (SSSR count). The lowest BCUT2D eigenvalue weighted by Gasteiger charge is -2.15. The van der Waals surface area contributed by atoms with Gasteiger partial charge >= 0.3 is 0 Å². The number of rotatable bonds is 6. The normalized spacial score (nSPS) is 12.4. The van der Waals surface area contributed by atoms with Crippen molar-refractivity contribution in [3.8, 4) is 0 Å². The van der Waals surface area contributed by atoms with Gasteiger partial charge < -0.3 is 4.79 Å². The van der Waals surface area contributed by atoms with Crippen LogP contribution in [-0.4, -0.2) is 5.78 Å². The van der Waals surface area contributed by atoms with Crippen molar-refractivity contribution in [1.82, 2.24) is 0 Å². The molecule has 0 aliphatic carbocycles. The van der Waals surface area contributed by atoms with Gasteiger partial charge in [-0.25, -0.2) is 0 Å². The maximum Gasteiger partial charge on any atom is 0.130 e. The number of hydrogen-bond acceptors (Lipinski definition) is 1. The molecule has 88 valence electrons. The standard InChI is InChI=1S/C15H22O/c1-4-5-6-15(11-13(3)16)14-9-7-12(2)8-10-14/h7-10,15H,4-6,11H2,1-3H3/t15-/m1/s1. The first-order chi connectivity index (χ1) is 7.63. The van der Waals surface area contributed by atoms with Gasteiger partial charge in [-0.1, -0.05) is 49.6 Å². The van der Waals surface area contributed by atoms with Gasteiger partial charge in [0.2, 0.25) is 0 Å². The molecule has 0 amide bonds. The van der Waals surface area contributed by atoms with Crippen LogP contribution in [0.2, 0.25) is 0 Å². The average molecular weight is 218 g/mol. The summed E-state index contributed by atoms with van der Waals surface area (Å²) in [5.74, 6) is 0.708. The van der Waals surface area contributed by atoms with E-state index >= 15 is 0 Å². The van der Waals surface area contributed by atoms with Gasteiger partial charge in [-0.2, -0.15) is 0 Å². The van der Waals surface area contributed by atoms with Crippen molar-refractivity contribution in [3.63, 3.8) is 0 Å². The lowest BCUT2D eigenvalue weighted by molar-refractivity contribution is -0.117. The minimum atomic E-state index is 0.293. The van der Waals surface area contributed by atoms with Gasteiger partial charge in [0, 0.05) is 6.42 Å². The van der Waals surface area contributed by atoms with Gasteiger partial charge in [0.1, 0.15) is 5.78 Å². The van der Waals surface area contributed by atoms with Crippen LogP contribution in [0.4, 0.5) is 0 Å². The highest BCUT2D eigenvalue weighted by Crippen LogP contribution is 2.26. The van der Waals surface area contributed by atoms with Gasteiger partial charge in [0.15, 0.2) is 0 Å². The monoisotopic (exact) mass is 218 g/mol. The molecular formula is C15H22O. The van der Waals surface area contributed by atoms with Crippen LogP contribution < -0.4 is 0 Å². The molecule has 0 radical (unpaired) electrons. The Balaban J connectivity index is 2.74. The van der Waals surface area contributed by atoms with Crippen LogP contribution in [0.5, 0.6) is 0 Å². The third-order valence-electron chi connectivity index (χ3n) is 2.99. The summed E-state index contributed by atoms with van der Waals surface area (Å²) in [5, 5.41) is 0. The number of Topliss-reactive ketones (excluding diaryl/α,β-unsaturated/α-hetero) is 1. The van der Waals surface area contributed by atoms with Gasteiger partial charge in [-0.3, -0.25) is 0 Å². The first-order valence-corrected chi connectivity index (χ1v) is 6.19. The molecule has 0 spiro atoms. The molecule has 1 aromatic rings. The molecule has 1 nitrogen and oxygen atoms in total. The van der Waals surface area contributed by atoms with Crippen LogP contribution in [0.25, 0.3) is 0 Å². The van der Waals surface area contributed by atoms with Gasteiger partial charge in [-0.05, 0) is 31.7 Å². The van der Waals surface area contributed by atoms with Crippen LogP contribution in [0.3, 0.4) is 0 Å². The molecule has 0 bridgehead atoms. The van der Waals surface area contributed by atoms with E-state index in [9.17, 15) is 4.79 Å². The second-order valence-electron chi connectivity index (χ2n) is 4.66. The molecule has 0 saturated heterocycles. The number of ketones is 1. The van der Waals surface area contributed by atoms with Gasteiger partial charge in [0.25, 0.3) is 0 Å². The molecule has 0 N–H and O–H groups in total. The summed E-state index contributed by atoms with van der Waals surface area (Å²) >= 11 is 0. The van der Waals surface area contributed by atoms with Crippen LogP contribution in [0, 0.1) is 6.92 Å². The summed E-state index contributed by atoms with van der Waals surface area (Å²) < 4.78 is 0. The third kappa shape index (κ3) is 4.18. The predicted molar refractivity (Wildman–Crippen MR) is 68.7 cm³/mol. The zero-order valence-electron chi connectivity index (χ0n) is 10.6. The topological polar surface area (TPSA) is 17.1 Å². The molecule has 0 aromatic heterocycles. The fraction of sp³-hybridized carbons (Fsp3) is 0.533. The predicted octanol–water partition coefficient (Wildman–Crippen LogP) is 4.25. The van der Waals surface area contributed by atoms with Gasteiger partial charge in [0.05, 0.1) is 0 Å². The van der Waals surface area contributed by atoms with E-state index in [0.717, 1.165) is 6.42 Å². The van der Waals surface area contributed by atoms with Crippen LogP contribution in [-0.2, 0) is 4.79 Å². The number of aryl methyl sites for hydroxylation is 1. The van der Waals surface area contributed by atoms with E-state index in [4.69, 9.17) is 0 Å². The molecule has 0 aliphatic rings. The smallest absolute Gasteiger partial charge is 0.130 e. The Kier molecular flexibility index (Phi) is 5.24. The van der Waals surface area contributed by atoms with E-state index in [0.29, 0.717) is 18.1 Å². The number of unbranched alkanes of at least 4 members (excludes halogenated alkanes) is 1. The van der Waals surface area contributed by atoms with E-state index in [1.807, 2.05) is 0 Å². The first-order valence-electron chi connectivity index (χ1n) is 6.19. The molecule has 1 atom stereocenters. The summed E-state index contributed by atoms with van der Waals surface area (Å²) in [5.41, 5.74) is 2.59. The third-order valence-corrected chi connectivity index (χ3v) is 2.99. The first kappa shape index (κ1) is 13.0. The summed E-state index contributed by atoms with van der Waals surface area (Å²) in [6.07, 6.45) is 4.20. The minimum absolute atomic E-state index is 0.293. The SMILES string of the molecule is CCCC[C@H](CC(C)=O)c1ccc(C)cc1. The molecule has 0 unspecified atom stereocenters. The lowest BCUT2D eigenvalue weighted by Crippen LogP contribution is -2.04. The Morgan fingerprint density at radius 2 is 1.88 bits per heavy atom. The molecule has 0 aliphatic heterocycles. The highest BCUT2D eigenvalue weighted by Gasteiger charge is 2.12. The van der Waals surface area contributed by atoms with Crippen LogP contribution in [0.1, 0.15) is 56.6 Å². The van der Waals surface area contributed by atoms with E-state index in [2.05, 4.69) is 38.1 Å². The van der Waals surface area contributed by atoms with E-state index in [1.165, 1.54) is 24.0 Å². The number of carbonyl (C=O) groups is 1. The van der Waals surface area contributed by atoms with E-state index < -0.39 is 0 Å². The number of hydrogen-bond donors (Lipinski definition) is 0. The molecule has 1 aromatic carbocycles. The number of benzene rings is 1. The van der Waals surface area contributed by atoms with Crippen molar-refractivity contribution >= 4 is 5.78 Å². The van der Waals surface area contributed by atoms with Crippen molar-refractivity contribution in [1.29, 1.82) is 0 Å². The van der Waals surface area contributed by atoms with E-state index in [-0.39, 0.29) is 0 Å². The molecule has 0 saturated carbocycles. The van der Waals surface area contributed by atoms with E-state index in [1.54, 1.807) is 6.92 Å². The van der Waals surface area contributed by atoms with Gasteiger partial charge in [-0.15, -0.1) is 0 Å². The van der Waals surface area contributed by atoms with Crippen molar-refractivity contribution in [2.45, 2.75) is 52.4 Å². The average Bonchev–Trinajstić information content (AvgIpc) is 2.25. The van der Waals surface area contributed by atoms with Crippen molar-refractivity contribution in [2.24, 2.45) is 0 Å². The molecule has 1 heteroatoms. The highest BCUT2D eigenvalue weighted by atomic mass is 16.1. The maximum atomic E-state index is 11.3. The summed E-state index contributed by atoms with van der Waals surface area (Å²) in [6.45, 7) is 5.98. The lowest BCUT2D eigenvalue weighted by atomic mass is 9.89. The Hall–Kier alpha value is -1.11. The summed E-state index contributed by atoms with van der Waals surface area (Å²) in [7, 11) is 0. The second kappa shape index (κ2) is 6.47. The summed E-state index contributed by atoms with van der Waals surface area (Å²) in [4.78, 5) is 11.3. The molecule has 16 heavy (non-hydrogen) atoms. The Morgan fingerprint density at radius 3 is 2.38 bits per heavy atom. The molecule has 0 heterocycles. The maximum absolute atomic E-state index is 11.3. The van der Waals surface area contributed by atoms with Crippen molar-refractivity contribution in [2.75, 3.05) is 0 Å². The summed E-state index contributed by atoms with van der Waals surface area (Å²) in [6, 6.07) is 8.60. The highest BCUT2D eigenvalue weighted by molar-refractivity contribution is 5.76. The second-order valence-corrected chi connectivity index (χ2v) is 4.66. The zero-order valence-corrected chi connectivity index (χ0v) is 10.6. The largest absolute Gasteiger partial charge is 0.300 e. The number of carbonyl (C=O) groups excluding carboxylic acids is 1. The minimum Gasteiger partial charge on any atom is -0.300 e. The fourth-order valence-corrected chi connectivity index (χ4v) is 2.02. The van der Waals surface area contributed by atoms with Crippen LogP contribution in [0.15, 0.2) is 24.3 Å². The molecular weight excluding hydrogens is 196 g/mol. The quantitative estimate of drug-likeness (QED) is 0.697. The Morgan fingerprint density at radius 1 is 1.25 bits per heavy atom.